The number of benzene rings is 1. The van der Waals surface area contributed by atoms with Crippen molar-refractivity contribution in [2.24, 2.45) is 0 Å². The van der Waals surface area contributed by atoms with Crippen molar-refractivity contribution in [3.05, 3.63) is 65.2 Å². The lowest BCUT2D eigenvalue weighted by Crippen LogP contribution is -2.25. The van der Waals surface area contributed by atoms with E-state index in [-0.39, 0.29) is 11.9 Å². The molecule has 3 heteroatoms. The van der Waals surface area contributed by atoms with Crippen LogP contribution in [-0.2, 0) is 0 Å². The van der Waals surface area contributed by atoms with Crippen LogP contribution in [0.3, 0.4) is 0 Å². The fraction of sp³-hybridized carbons (Fsp3) is 0.312. The van der Waals surface area contributed by atoms with Crippen molar-refractivity contribution in [2.45, 2.75) is 26.3 Å². The molecule has 1 unspecified atom stereocenters. The van der Waals surface area contributed by atoms with Crippen molar-refractivity contribution in [2.75, 3.05) is 6.54 Å². The number of hydrogen-bond donors (Lipinski definition) is 1. The van der Waals surface area contributed by atoms with Gasteiger partial charge in [-0.1, -0.05) is 25.1 Å². The van der Waals surface area contributed by atoms with Crippen LogP contribution in [0, 0.1) is 12.7 Å². The number of aryl methyl sites for hydroxylation is 1. The molecule has 0 aliphatic heterocycles. The van der Waals surface area contributed by atoms with Gasteiger partial charge in [-0.2, -0.15) is 0 Å². The summed E-state index contributed by atoms with van der Waals surface area (Å²) in [5.74, 6) is -0.214. The average molecular weight is 258 g/mol. The molecule has 1 N–H and O–H groups in total. The number of rotatable bonds is 5. The van der Waals surface area contributed by atoms with Crippen LogP contribution in [0.2, 0.25) is 0 Å². The number of aromatic nitrogens is 1. The molecule has 1 aromatic carbocycles. The molecule has 1 aromatic heterocycles. The summed E-state index contributed by atoms with van der Waals surface area (Å²) in [4.78, 5) is 4.45. The maximum atomic E-state index is 13.4. The third kappa shape index (κ3) is 3.38. The van der Waals surface area contributed by atoms with E-state index < -0.39 is 0 Å². The first kappa shape index (κ1) is 13.7. The van der Waals surface area contributed by atoms with Crippen molar-refractivity contribution in [1.29, 1.82) is 0 Å². The highest BCUT2D eigenvalue weighted by Crippen LogP contribution is 2.23. The summed E-state index contributed by atoms with van der Waals surface area (Å²) in [6.07, 6.45) is 2.81. The Morgan fingerprint density at radius 3 is 2.79 bits per heavy atom. The van der Waals surface area contributed by atoms with E-state index in [4.69, 9.17) is 0 Å². The van der Waals surface area contributed by atoms with Crippen LogP contribution < -0.4 is 5.32 Å². The topological polar surface area (TPSA) is 24.9 Å². The van der Waals surface area contributed by atoms with Gasteiger partial charge in [0.05, 0.1) is 11.7 Å². The Kier molecular flexibility index (Phi) is 4.63. The molecule has 0 bridgehead atoms. The SMILES string of the molecule is CCCNC(c1cccc(F)c1)c1ncccc1C. The van der Waals surface area contributed by atoms with E-state index in [1.165, 1.54) is 6.07 Å². The van der Waals surface area contributed by atoms with Gasteiger partial charge in [-0.3, -0.25) is 4.98 Å². The molecule has 0 aliphatic carbocycles. The lowest BCUT2D eigenvalue weighted by atomic mass is 9.99. The van der Waals surface area contributed by atoms with Gasteiger partial charge in [-0.05, 0) is 49.2 Å². The highest BCUT2D eigenvalue weighted by molar-refractivity contribution is 5.32. The van der Waals surface area contributed by atoms with E-state index in [1.54, 1.807) is 18.3 Å². The molecule has 0 aliphatic rings. The molecule has 0 saturated carbocycles. The monoisotopic (exact) mass is 258 g/mol. The van der Waals surface area contributed by atoms with Crippen molar-refractivity contribution in [3.63, 3.8) is 0 Å². The fourth-order valence-electron chi connectivity index (χ4n) is 2.15. The minimum Gasteiger partial charge on any atom is -0.305 e. The second kappa shape index (κ2) is 6.43. The molecule has 19 heavy (non-hydrogen) atoms. The molecule has 1 atom stereocenters. The second-order valence-electron chi connectivity index (χ2n) is 4.65. The van der Waals surface area contributed by atoms with Crippen LogP contribution in [0.15, 0.2) is 42.6 Å². The number of halogens is 1. The largest absolute Gasteiger partial charge is 0.305 e. The first-order chi connectivity index (χ1) is 9.22. The summed E-state index contributed by atoms with van der Waals surface area (Å²) in [5, 5.41) is 3.44. The van der Waals surface area contributed by atoms with Crippen LogP contribution in [0.4, 0.5) is 4.39 Å². The van der Waals surface area contributed by atoms with Gasteiger partial charge in [0.25, 0.3) is 0 Å². The number of pyridine rings is 1. The number of nitrogens with zero attached hydrogens (tertiary/aromatic N) is 1. The van der Waals surface area contributed by atoms with Crippen LogP contribution >= 0.6 is 0 Å². The summed E-state index contributed by atoms with van der Waals surface area (Å²) in [6.45, 7) is 5.01. The standard InChI is InChI=1S/C16H19FN2/c1-3-9-18-16(13-7-4-8-14(17)11-13)15-12(2)6-5-10-19-15/h4-8,10-11,16,18H,3,9H2,1-2H3. The van der Waals surface area contributed by atoms with Crippen molar-refractivity contribution in [3.8, 4) is 0 Å². The number of hydrogen-bond acceptors (Lipinski definition) is 2. The first-order valence-corrected chi connectivity index (χ1v) is 6.62. The van der Waals surface area contributed by atoms with Gasteiger partial charge in [-0.15, -0.1) is 0 Å². The molecular formula is C16H19FN2. The molecule has 2 rings (SSSR count). The minimum atomic E-state index is -0.214. The Labute approximate surface area is 113 Å². The summed E-state index contributed by atoms with van der Waals surface area (Å²) >= 11 is 0. The van der Waals surface area contributed by atoms with Gasteiger partial charge in [0.1, 0.15) is 5.82 Å². The average Bonchev–Trinajstić information content (AvgIpc) is 2.41. The Morgan fingerprint density at radius 1 is 1.26 bits per heavy atom. The van der Waals surface area contributed by atoms with Crippen LogP contribution in [0.1, 0.15) is 36.2 Å². The molecule has 0 spiro atoms. The van der Waals surface area contributed by atoms with Gasteiger partial charge >= 0.3 is 0 Å². The van der Waals surface area contributed by atoms with Crippen molar-refractivity contribution >= 4 is 0 Å². The van der Waals surface area contributed by atoms with E-state index in [9.17, 15) is 4.39 Å². The molecule has 0 radical (unpaired) electrons. The molecule has 100 valence electrons. The van der Waals surface area contributed by atoms with Gasteiger partial charge in [0.15, 0.2) is 0 Å². The third-order valence-corrected chi connectivity index (χ3v) is 3.10. The second-order valence-corrected chi connectivity index (χ2v) is 4.65. The molecule has 0 amide bonds. The predicted molar refractivity (Wildman–Crippen MR) is 75.5 cm³/mol. The predicted octanol–water partition coefficient (Wildman–Crippen LogP) is 3.62. The zero-order valence-electron chi connectivity index (χ0n) is 11.4. The maximum Gasteiger partial charge on any atom is 0.123 e. The quantitative estimate of drug-likeness (QED) is 0.886. The van der Waals surface area contributed by atoms with Crippen LogP contribution in [0.25, 0.3) is 0 Å². The highest BCUT2D eigenvalue weighted by Gasteiger charge is 2.16. The van der Waals surface area contributed by atoms with Crippen molar-refractivity contribution < 1.29 is 4.39 Å². The maximum absolute atomic E-state index is 13.4. The molecule has 2 nitrogen and oxygen atoms in total. The minimum absolute atomic E-state index is 0.0585. The fourth-order valence-corrected chi connectivity index (χ4v) is 2.15. The Balaban J connectivity index is 2.38. The zero-order valence-corrected chi connectivity index (χ0v) is 11.4. The normalized spacial score (nSPS) is 12.4. The van der Waals surface area contributed by atoms with Gasteiger partial charge in [-0.25, -0.2) is 4.39 Å². The molecule has 0 saturated heterocycles. The van der Waals surface area contributed by atoms with Gasteiger partial charge in [0, 0.05) is 6.20 Å². The Hall–Kier alpha value is -1.74. The first-order valence-electron chi connectivity index (χ1n) is 6.62. The molecule has 0 fully saturated rings. The summed E-state index contributed by atoms with van der Waals surface area (Å²) < 4.78 is 13.4. The van der Waals surface area contributed by atoms with E-state index in [1.807, 2.05) is 25.1 Å². The molecule has 1 heterocycles. The van der Waals surface area contributed by atoms with E-state index in [2.05, 4.69) is 17.2 Å². The molecular weight excluding hydrogens is 239 g/mol. The Bertz CT molecular complexity index is 540. The van der Waals surface area contributed by atoms with Crippen molar-refractivity contribution in [1.82, 2.24) is 10.3 Å². The van der Waals surface area contributed by atoms with Gasteiger partial charge < -0.3 is 5.32 Å². The zero-order chi connectivity index (χ0) is 13.7. The summed E-state index contributed by atoms with van der Waals surface area (Å²) in [6, 6.07) is 10.6. The highest BCUT2D eigenvalue weighted by atomic mass is 19.1. The van der Waals surface area contributed by atoms with E-state index >= 15 is 0 Å². The van der Waals surface area contributed by atoms with Crippen LogP contribution in [-0.4, -0.2) is 11.5 Å². The number of nitrogens with one attached hydrogen (secondary N) is 1. The third-order valence-electron chi connectivity index (χ3n) is 3.10. The lowest BCUT2D eigenvalue weighted by molar-refractivity contribution is 0.574. The Morgan fingerprint density at radius 2 is 2.11 bits per heavy atom. The van der Waals surface area contributed by atoms with Gasteiger partial charge in [0.2, 0.25) is 0 Å². The van der Waals surface area contributed by atoms with E-state index in [0.29, 0.717) is 0 Å². The molecule has 2 aromatic rings. The summed E-state index contributed by atoms with van der Waals surface area (Å²) in [5.41, 5.74) is 2.98. The van der Waals surface area contributed by atoms with E-state index in [0.717, 1.165) is 29.8 Å². The smallest absolute Gasteiger partial charge is 0.123 e. The summed E-state index contributed by atoms with van der Waals surface area (Å²) in [7, 11) is 0. The lowest BCUT2D eigenvalue weighted by Gasteiger charge is -2.20. The van der Waals surface area contributed by atoms with Crippen LogP contribution in [0.5, 0.6) is 0 Å².